The zero-order valence-corrected chi connectivity index (χ0v) is 11.7. The smallest absolute Gasteiger partial charge is 0.0909 e. The molecule has 3 N–H and O–H groups in total. The monoisotopic (exact) mass is 268 g/mol. The van der Waals surface area contributed by atoms with E-state index >= 15 is 0 Å². The van der Waals surface area contributed by atoms with Gasteiger partial charge in [-0.1, -0.05) is 30.3 Å². The summed E-state index contributed by atoms with van der Waals surface area (Å²) in [5.41, 5.74) is 9.01. The number of benzene rings is 1. The fourth-order valence-electron chi connectivity index (χ4n) is 1.89. The maximum Gasteiger partial charge on any atom is 0.0909 e. The first-order chi connectivity index (χ1) is 9.74. The molecule has 2 rings (SSSR count). The Morgan fingerprint density at radius 1 is 1.15 bits per heavy atom. The van der Waals surface area contributed by atoms with Crippen molar-refractivity contribution in [3.63, 3.8) is 0 Å². The summed E-state index contributed by atoms with van der Waals surface area (Å²) in [5, 5.41) is 3.39. The van der Waals surface area contributed by atoms with E-state index in [0.717, 1.165) is 18.8 Å². The molecule has 0 bridgehead atoms. The van der Waals surface area contributed by atoms with Gasteiger partial charge in [-0.25, -0.2) is 0 Å². The fraction of sp³-hybridized carbons (Fsp3) is 0.250. The first-order valence-corrected chi connectivity index (χ1v) is 6.69. The largest absolute Gasteiger partial charge is 0.388 e. The third kappa shape index (κ3) is 4.82. The lowest BCUT2D eigenvalue weighted by molar-refractivity contribution is 0.679. The maximum atomic E-state index is 5.55. The standard InChI is InChI=1S/C16H20N4/c1-13(17)20-11-15-6-4-5-14(9-15)10-18-12-16-7-2-3-8-19-16/h2-9,18H,10-12H2,1H3,(H2,17,20). The number of amidine groups is 1. The molecule has 4 nitrogen and oxygen atoms in total. The molecule has 0 aliphatic carbocycles. The molecule has 1 aromatic heterocycles. The molecule has 1 heterocycles. The van der Waals surface area contributed by atoms with E-state index in [1.54, 1.807) is 6.92 Å². The van der Waals surface area contributed by atoms with Crippen molar-refractivity contribution in [2.45, 2.75) is 26.6 Å². The Hall–Kier alpha value is -2.20. The van der Waals surface area contributed by atoms with Crippen molar-refractivity contribution in [3.8, 4) is 0 Å². The van der Waals surface area contributed by atoms with Crippen LogP contribution in [-0.2, 0) is 19.6 Å². The second-order valence-electron chi connectivity index (χ2n) is 4.70. The van der Waals surface area contributed by atoms with Crippen LogP contribution in [0.1, 0.15) is 23.7 Å². The summed E-state index contributed by atoms with van der Waals surface area (Å²) in [6, 6.07) is 14.3. The highest BCUT2D eigenvalue weighted by molar-refractivity contribution is 5.77. The molecule has 1 aromatic carbocycles. The molecular formula is C16H20N4. The van der Waals surface area contributed by atoms with Crippen molar-refractivity contribution < 1.29 is 0 Å². The maximum absolute atomic E-state index is 5.55. The van der Waals surface area contributed by atoms with Gasteiger partial charge in [0.15, 0.2) is 0 Å². The summed E-state index contributed by atoms with van der Waals surface area (Å²) >= 11 is 0. The van der Waals surface area contributed by atoms with E-state index < -0.39 is 0 Å². The third-order valence-electron chi connectivity index (χ3n) is 2.86. The lowest BCUT2D eigenvalue weighted by Crippen LogP contribution is -2.13. The van der Waals surface area contributed by atoms with E-state index in [1.165, 1.54) is 11.1 Å². The quantitative estimate of drug-likeness (QED) is 0.624. The average molecular weight is 268 g/mol. The van der Waals surface area contributed by atoms with Crippen LogP contribution in [0.25, 0.3) is 0 Å². The van der Waals surface area contributed by atoms with Gasteiger partial charge in [0, 0.05) is 19.3 Å². The highest BCUT2D eigenvalue weighted by Crippen LogP contribution is 2.07. The average Bonchev–Trinajstić information content (AvgIpc) is 2.47. The van der Waals surface area contributed by atoms with Crippen molar-refractivity contribution in [2.75, 3.05) is 0 Å². The highest BCUT2D eigenvalue weighted by atomic mass is 14.9. The number of nitrogens with one attached hydrogen (secondary N) is 1. The summed E-state index contributed by atoms with van der Waals surface area (Å²) in [6.45, 7) is 4.02. The van der Waals surface area contributed by atoms with E-state index in [9.17, 15) is 0 Å². The van der Waals surface area contributed by atoms with Gasteiger partial charge in [-0.2, -0.15) is 0 Å². The summed E-state index contributed by atoms with van der Waals surface area (Å²) in [5.74, 6) is 0.615. The van der Waals surface area contributed by atoms with Crippen LogP contribution >= 0.6 is 0 Å². The molecule has 0 radical (unpaired) electrons. The first kappa shape index (κ1) is 14.2. The Morgan fingerprint density at radius 3 is 2.75 bits per heavy atom. The SMILES string of the molecule is CC(N)=NCc1cccc(CNCc2ccccn2)c1. The molecule has 0 spiro atoms. The Balaban J connectivity index is 1.87. The number of rotatable bonds is 6. The predicted molar refractivity (Wildman–Crippen MR) is 82.2 cm³/mol. The molecule has 20 heavy (non-hydrogen) atoms. The topological polar surface area (TPSA) is 63.3 Å². The van der Waals surface area contributed by atoms with Crippen LogP contribution < -0.4 is 11.1 Å². The van der Waals surface area contributed by atoms with Gasteiger partial charge in [0.05, 0.1) is 18.1 Å². The minimum atomic E-state index is 0.615. The molecule has 104 valence electrons. The van der Waals surface area contributed by atoms with Crippen LogP contribution in [0.4, 0.5) is 0 Å². The summed E-state index contributed by atoms with van der Waals surface area (Å²) in [4.78, 5) is 8.51. The second kappa shape index (κ2) is 7.40. The third-order valence-corrected chi connectivity index (χ3v) is 2.86. The highest BCUT2D eigenvalue weighted by Gasteiger charge is 1.97. The molecular weight excluding hydrogens is 248 g/mol. The zero-order valence-electron chi connectivity index (χ0n) is 11.7. The van der Waals surface area contributed by atoms with Gasteiger partial charge in [0.2, 0.25) is 0 Å². The van der Waals surface area contributed by atoms with E-state index in [4.69, 9.17) is 5.73 Å². The second-order valence-corrected chi connectivity index (χ2v) is 4.70. The van der Waals surface area contributed by atoms with Gasteiger partial charge >= 0.3 is 0 Å². The van der Waals surface area contributed by atoms with Crippen molar-refractivity contribution in [2.24, 2.45) is 10.7 Å². The van der Waals surface area contributed by atoms with Crippen molar-refractivity contribution in [1.29, 1.82) is 0 Å². The molecule has 4 heteroatoms. The van der Waals surface area contributed by atoms with Crippen LogP contribution in [0, 0.1) is 0 Å². The molecule has 0 fully saturated rings. The minimum Gasteiger partial charge on any atom is -0.388 e. The van der Waals surface area contributed by atoms with Gasteiger partial charge in [-0.05, 0) is 30.2 Å². The lowest BCUT2D eigenvalue weighted by atomic mass is 10.1. The normalized spacial score (nSPS) is 11.6. The number of hydrogen-bond donors (Lipinski definition) is 2. The molecule has 0 unspecified atom stereocenters. The predicted octanol–water partition coefficient (Wildman–Crippen LogP) is 2.25. The summed E-state index contributed by atoms with van der Waals surface area (Å²) in [6.07, 6.45) is 1.81. The Labute approximate surface area is 119 Å². The molecule has 0 amide bonds. The van der Waals surface area contributed by atoms with Gasteiger partial charge in [-0.3, -0.25) is 9.98 Å². The van der Waals surface area contributed by atoms with E-state index in [-0.39, 0.29) is 0 Å². The van der Waals surface area contributed by atoms with E-state index in [1.807, 2.05) is 24.4 Å². The van der Waals surface area contributed by atoms with E-state index in [0.29, 0.717) is 12.4 Å². The van der Waals surface area contributed by atoms with Crippen molar-refractivity contribution in [1.82, 2.24) is 10.3 Å². The van der Waals surface area contributed by atoms with Crippen LogP contribution in [0.5, 0.6) is 0 Å². The summed E-state index contributed by atoms with van der Waals surface area (Å²) in [7, 11) is 0. The van der Waals surface area contributed by atoms with Crippen LogP contribution in [0.3, 0.4) is 0 Å². The zero-order chi connectivity index (χ0) is 14.2. The number of aromatic nitrogens is 1. The first-order valence-electron chi connectivity index (χ1n) is 6.69. The van der Waals surface area contributed by atoms with Gasteiger partial charge < -0.3 is 11.1 Å². The molecule has 0 atom stereocenters. The van der Waals surface area contributed by atoms with Crippen LogP contribution in [0.2, 0.25) is 0 Å². The summed E-state index contributed by atoms with van der Waals surface area (Å²) < 4.78 is 0. The molecule has 0 aliphatic heterocycles. The van der Waals surface area contributed by atoms with Crippen molar-refractivity contribution >= 4 is 5.84 Å². The fourth-order valence-corrected chi connectivity index (χ4v) is 1.89. The van der Waals surface area contributed by atoms with Crippen molar-refractivity contribution in [3.05, 3.63) is 65.5 Å². The number of nitrogens with two attached hydrogens (primary N) is 1. The molecule has 0 saturated heterocycles. The van der Waals surface area contributed by atoms with Crippen LogP contribution in [-0.4, -0.2) is 10.8 Å². The minimum absolute atomic E-state index is 0.615. The van der Waals surface area contributed by atoms with Gasteiger partial charge in [-0.15, -0.1) is 0 Å². The number of aliphatic imine (C=N–C) groups is 1. The number of pyridine rings is 1. The Kier molecular flexibility index (Phi) is 5.26. The molecule has 0 saturated carbocycles. The lowest BCUT2D eigenvalue weighted by Gasteiger charge is -2.06. The van der Waals surface area contributed by atoms with Crippen LogP contribution in [0.15, 0.2) is 53.7 Å². The van der Waals surface area contributed by atoms with E-state index in [2.05, 4.69) is 39.6 Å². The Morgan fingerprint density at radius 2 is 2.00 bits per heavy atom. The Bertz CT molecular complexity index is 560. The molecule has 2 aromatic rings. The van der Waals surface area contributed by atoms with Gasteiger partial charge in [0.25, 0.3) is 0 Å². The van der Waals surface area contributed by atoms with Gasteiger partial charge in [0.1, 0.15) is 0 Å². The molecule has 0 aliphatic rings. The number of hydrogen-bond acceptors (Lipinski definition) is 3. The number of nitrogens with zero attached hydrogens (tertiary/aromatic N) is 2.